The molecule has 2 fully saturated rings. The van der Waals surface area contributed by atoms with E-state index in [1.807, 2.05) is 17.2 Å². The molecule has 7 rings (SSSR count). The van der Waals surface area contributed by atoms with Crippen LogP contribution in [0.5, 0.6) is 11.6 Å². The van der Waals surface area contributed by atoms with Gasteiger partial charge in [0.25, 0.3) is 5.92 Å². The summed E-state index contributed by atoms with van der Waals surface area (Å²) >= 11 is 0. The highest BCUT2D eigenvalue weighted by atomic mass is 19.3. The third kappa shape index (κ3) is 4.15. The Balaban J connectivity index is 1.12. The van der Waals surface area contributed by atoms with E-state index in [2.05, 4.69) is 26.8 Å². The van der Waals surface area contributed by atoms with Gasteiger partial charge in [0, 0.05) is 63.4 Å². The number of likely N-dealkylation sites (tertiary alicyclic amines) is 1. The predicted molar refractivity (Wildman–Crippen MR) is 143 cm³/mol. The highest BCUT2D eigenvalue weighted by molar-refractivity contribution is 6.07. The second-order valence-corrected chi connectivity index (χ2v) is 11.4. The number of nitrogens with zero attached hydrogens (tertiary/aromatic N) is 5. The number of hydrogen-bond donors (Lipinski definition) is 0. The standard InChI is InChI=1S/C29H32F3N5O2/c1-35-18-37-26-22(35)16-33-21-14-20(30)24(27(25(21)26)39-17-28(37)6-2-7-28)19-4-5-23(34-15-19)38-13-3-10-36-11-8-29(31,32)9-12-36/h4-5,14-16H,2-3,6-13,17-18H2,1H3. The topological polar surface area (TPSA) is 54.0 Å². The molecule has 1 spiro atoms. The lowest BCUT2D eigenvalue weighted by Crippen LogP contribution is -2.57. The third-order valence-corrected chi connectivity index (χ3v) is 8.88. The maximum Gasteiger partial charge on any atom is 0.250 e. The number of rotatable bonds is 6. The van der Waals surface area contributed by atoms with Gasteiger partial charge in [0.05, 0.1) is 52.9 Å². The van der Waals surface area contributed by atoms with Crippen molar-refractivity contribution in [3.8, 4) is 22.8 Å². The first-order chi connectivity index (χ1) is 18.8. The number of ether oxygens (including phenoxy) is 2. The van der Waals surface area contributed by atoms with E-state index in [4.69, 9.17) is 9.47 Å². The maximum atomic E-state index is 15.6. The van der Waals surface area contributed by atoms with Crippen molar-refractivity contribution >= 4 is 22.3 Å². The van der Waals surface area contributed by atoms with Gasteiger partial charge in [-0.1, -0.05) is 0 Å². The van der Waals surface area contributed by atoms with Gasteiger partial charge in [-0.25, -0.2) is 18.2 Å². The van der Waals surface area contributed by atoms with Crippen molar-refractivity contribution in [2.24, 2.45) is 0 Å². The van der Waals surface area contributed by atoms with Gasteiger partial charge in [0.1, 0.15) is 18.2 Å². The molecule has 0 atom stereocenters. The van der Waals surface area contributed by atoms with Crippen LogP contribution in [-0.2, 0) is 0 Å². The highest BCUT2D eigenvalue weighted by Crippen LogP contribution is 2.55. The normalized spacial score (nSPS) is 21.1. The molecule has 0 amide bonds. The van der Waals surface area contributed by atoms with Crippen molar-refractivity contribution in [2.75, 3.05) is 56.4 Å². The summed E-state index contributed by atoms with van der Waals surface area (Å²) in [6.45, 7) is 3.24. The van der Waals surface area contributed by atoms with Gasteiger partial charge >= 0.3 is 0 Å². The molecule has 0 unspecified atom stereocenters. The molecule has 1 saturated carbocycles. The van der Waals surface area contributed by atoms with Crippen molar-refractivity contribution in [1.82, 2.24) is 14.9 Å². The minimum atomic E-state index is -2.53. The number of anilines is 2. The monoisotopic (exact) mass is 539 g/mol. The summed E-state index contributed by atoms with van der Waals surface area (Å²) in [5.74, 6) is -1.95. The summed E-state index contributed by atoms with van der Waals surface area (Å²) in [4.78, 5) is 15.7. The SMILES string of the molecule is CN1CN2c3c1cnc1cc(F)c(-c4ccc(OCCCN5CCC(F)(F)CC5)nc4)c(c31)OCC21CCC1. The number of fused-ring (bicyclic) bond motifs is 1. The van der Waals surface area contributed by atoms with Gasteiger partial charge in [-0.05, 0) is 31.7 Å². The molecule has 2 aromatic heterocycles. The Morgan fingerprint density at radius 2 is 1.90 bits per heavy atom. The Morgan fingerprint density at radius 3 is 2.62 bits per heavy atom. The summed E-state index contributed by atoms with van der Waals surface area (Å²) in [5, 5.41) is 0.854. The molecule has 7 nitrogen and oxygen atoms in total. The molecular weight excluding hydrogens is 507 g/mol. The smallest absolute Gasteiger partial charge is 0.250 e. The number of halogens is 3. The van der Waals surface area contributed by atoms with Crippen molar-refractivity contribution in [3.05, 3.63) is 36.4 Å². The van der Waals surface area contributed by atoms with Gasteiger partial charge in [0.15, 0.2) is 0 Å². The second kappa shape index (κ2) is 9.15. The fourth-order valence-corrected chi connectivity index (χ4v) is 6.44. The van der Waals surface area contributed by atoms with Crippen molar-refractivity contribution < 1.29 is 22.6 Å². The summed E-state index contributed by atoms with van der Waals surface area (Å²) in [5.41, 5.74) is 3.65. The number of benzene rings is 1. The van der Waals surface area contributed by atoms with Crippen LogP contribution in [0.4, 0.5) is 24.5 Å². The molecule has 0 radical (unpaired) electrons. The van der Waals surface area contributed by atoms with E-state index in [1.54, 1.807) is 12.3 Å². The van der Waals surface area contributed by atoms with E-state index in [-0.39, 0.29) is 18.4 Å². The lowest BCUT2D eigenvalue weighted by atomic mass is 9.76. The molecule has 206 valence electrons. The Morgan fingerprint density at radius 1 is 1.08 bits per heavy atom. The zero-order valence-electron chi connectivity index (χ0n) is 22.1. The lowest BCUT2D eigenvalue weighted by Gasteiger charge is -2.48. The van der Waals surface area contributed by atoms with Crippen molar-refractivity contribution in [2.45, 2.75) is 50.0 Å². The lowest BCUT2D eigenvalue weighted by molar-refractivity contribution is -0.0554. The zero-order valence-corrected chi connectivity index (χ0v) is 22.1. The van der Waals surface area contributed by atoms with Crippen LogP contribution in [0.25, 0.3) is 22.0 Å². The molecule has 1 aliphatic carbocycles. The molecule has 0 bridgehead atoms. The predicted octanol–water partition coefficient (Wildman–Crippen LogP) is 5.46. The van der Waals surface area contributed by atoms with Gasteiger partial charge in [0.2, 0.25) is 5.88 Å². The molecule has 3 aromatic rings. The van der Waals surface area contributed by atoms with Gasteiger partial charge in [-0.2, -0.15) is 0 Å². The average Bonchev–Trinajstić information content (AvgIpc) is 3.15. The van der Waals surface area contributed by atoms with Crippen LogP contribution in [0.15, 0.2) is 30.6 Å². The van der Waals surface area contributed by atoms with Crippen LogP contribution < -0.4 is 19.3 Å². The van der Waals surface area contributed by atoms with Crippen LogP contribution in [-0.4, -0.2) is 72.9 Å². The average molecular weight is 540 g/mol. The minimum Gasteiger partial charge on any atom is -0.490 e. The molecule has 5 heterocycles. The fourth-order valence-electron chi connectivity index (χ4n) is 6.44. The third-order valence-electron chi connectivity index (χ3n) is 8.88. The molecule has 1 aromatic carbocycles. The molecule has 3 aliphatic heterocycles. The van der Waals surface area contributed by atoms with Crippen LogP contribution in [0.3, 0.4) is 0 Å². The zero-order chi connectivity index (χ0) is 26.8. The largest absolute Gasteiger partial charge is 0.490 e. The number of hydrogen-bond acceptors (Lipinski definition) is 7. The van der Waals surface area contributed by atoms with E-state index in [0.717, 1.165) is 49.1 Å². The molecule has 10 heteroatoms. The van der Waals surface area contributed by atoms with Crippen LogP contribution in [0.2, 0.25) is 0 Å². The molecule has 1 saturated heterocycles. The van der Waals surface area contributed by atoms with Gasteiger partial charge in [-0.3, -0.25) is 4.98 Å². The van der Waals surface area contributed by atoms with E-state index >= 15 is 4.39 Å². The van der Waals surface area contributed by atoms with E-state index in [9.17, 15) is 8.78 Å². The summed E-state index contributed by atoms with van der Waals surface area (Å²) in [6.07, 6.45) is 7.27. The van der Waals surface area contributed by atoms with Crippen LogP contribution >= 0.6 is 0 Å². The maximum absolute atomic E-state index is 15.6. The summed E-state index contributed by atoms with van der Waals surface area (Å²) in [6, 6.07) is 5.04. The second-order valence-electron chi connectivity index (χ2n) is 11.4. The van der Waals surface area contributed by atoms with E-state index < -0.39 is 11.7 Å². The fraction of sp³-hybridized carbons (Fsp3) is 0.517. The first-order valence-electron chi connectivity index (χ1n) is 13.8. The number of piperidine rings is 1. The molecule has 0 N–H and O–H groups in total. The van der Waals surface area contributed by atoms with E-state index in [1.165, 1.54) is 6.07 Å². The van der Waals surface area contributed by atoms with Gasteiger partial charge < -0.3 is 24.2 Å². The Bertz CT molecular complexity index is 1400. The number of pyridine rings is 2. The van der Waals surface area contributed by atoms with Gasteiger partial charge in [-0.15, -0.1) is 0 Å². The summed E-state index contributed by atoms with van der Waals surface area (Å²) < 4.78 is 54.6. The molecule has 4 aliphatic rings. The molecule has 39 heavy (non-hydrogen) atoms. The van der Waals surface area contributed by atoms with Crippen molar-refractivity contribution in [3.63, 3.8) is 0 Å². The van der Waals surface area contributed by atoms with Crippen molar-refractivity contribution in [1.29, 1.82) is 0 Å². The minimum absolute atomic E-state index is 0.0778. The summed E-state index contributed by atoms with van der Waals surface area (Å²) in [7, 11) is 2.07. The molecular formula is C29H32F3N5O2. The Kier molecular flexibility index (Phi) is 5.80. The number of alkyl halides is 2. The Hall–Kier alpha value is -3.27. The van der Waals surface area contributed by atoms with Crippen LogP contribution in [0.1, 0.15) is 38.5 Å². The number of aromatic nitrogens is 2. The first-order valence-corrected chi connectivity index (χ1v) is 13.8. The quantitative estimate of drug-likeness (QED) is 0.386. The first kappa shape index (κ1) is 24.7. The van der Waals surface area contributed by atoms with E-state index in [0.29, 0.717) is 61.1 Å². The highest BCUT2D eigenvalue weighted by Gasteiger charge is 2.49. The Labute approximate surface area is 225 Å². The van der Waals surface area contributed by atoms with Crippen LogP contribution in [0, 0.1) is 5.82 Å².